The maximum atomic E-state index is 15.2. The smallest absolute Gasteiger partial charge is 0.338 e. The van der Waals surface area contributed by atoms with E-state index in [0.717, 1.165) is 13.8 Å². The molecular formula is C47H49NO14. The van der Waals surface area contributed by atoms with Gasteiger partial charge in [0.15, 0.2) is 11.7 Å². The number of esters is 4. The molecule has 3 aromatic rings. The first-order valence-corrected chi connectivity index (χ1v) is 20.3. The Morgan fingerprint density at radius 2 is 1.39 bits per heavy atom. The molecule has 326 valence electrons. The van der Waals surface area contributed by atoms with Gasteiger partial charge in [-0.25, -0.2) is 9.59 Å². The molecule has 1 saturated heterocycles. The number of fused-ring (bicyclic) bond motifs is 5. The van der Waals surface area contributed by atoms with Crippen molar-refractivity contribution in [3.05, 3.63) is 119 Å². The van der Waals surface area contributed by atoms with E-state index >= 15 is 9.59 Å². The van der Waals surface area contributed by atoms with E-state index in [9.17, 15) is 34.2 Å². The van der Waals surface area contributed by atoms with Crippen LogP contribution in [-0.2, 0) is 47.7 Å². The average Bonchev–Trinajstić information content (AvgIpc) is 3.24. The first kappa shape index (κ1) is 44.0. The fourth-order valence-corrected chi connectivity index (χ4v) is 10.1. The quantitative estimate of drug-likeness (QED) is 0.150. The molecule has 7 rings (SSSR count). The lowest BCUT2D eigenvalue weighted by atomic mass is 9.45. The van der Waals surface area contributed by atoms with E-state index < -0.39 is 112 Å². The molecular weight excluding hydrogens is 803 g/mol. The number of carbonyl (C=O) groups excluding carboxylic acids is 7. The summed E-state index contributed by atoms with van der Waals surface area (Å²) < 4.78 is 30.1. The molecule has 1 amide bonds. The molecule has 4 aliphatic rings. The summed E-state index contributed by atoms with van der Waals surface area (Å²) in [7, 11) is 0. The zero-order valence-corrected chi connectivity index (χ0v) is 35.1. The van der Waals surface area contributed by atoms with Crippen LogP contribution in [-0.4, -0.2) is 99.9 Å². The largest absolute Gasteiger partial charge is 0.461 e. The number of carbonyl (C=O) groups is 7. The van der Waals surface area contributed by atoms with Crippen LogP contribution in [0, 0.1) is 16.7 Å². The van der Waals surface area contributed by atoms with Gasteiger partial charge in [0.25, 0.3) is 5.91 Å². The summed E-state index contributed by atoms with van der Waals surface area (Å²) in [6.45, 7) is 7.70. The number of rotatable bonds is 10. The lowest BCUT2D eigenvalue weighted by Crippen LogP contribution is -2.81. The Bertz CT molecular complexity index is 2330. The summed E-state index contributed by atoms with van der Waals surface area (Å²) >= 11 is 0. The molecule has 1 heterocycles. The zero-order valence-electron chi connectivity index (χ0n) is 35.1. The molecule has 15 heteroatoms. The number of benzene rings is 3. The number of Topliss-reactive ketones (excluding diaryl/α,β-unsaturated/α-hetero) is 2. The van der Waals surface area contributed by atoms with Crippen molar-refractivity contribution in [1.82, 2.24) is 5.32 Å². The summed E-state index contributed by atoms with van der Waals surface area (Å²) in [5.41, 5.74) is -7.70. The van der Waals surface area contributed by atoms with Crippen LogP contribution >= 0.6 is 0 Å². The minimum absolute atomic E-state index is 0.0497. The highest BCUT2D eigenvalue weighted by atomic mass is 16.6. The van der Waals surface area contributed by atoms with Gasteiger partial charge >= 0.3 is 23.9 Å². The van der Waals surface area contributed by atoms with Crippen LogP contribution in [0.1, 0.15) is 86.7 Å². The monoisotopic (exact) mass is 851 g/mol. The van der Waals surface area contributed by atoms with Gasteiger partial charge in [0.2, 0.25) is 11.6 Å². The Morgan fingerprint density at radius 1 is 0.806 bits per heavy atom. The molecule has 3 fully saturated rings. The van der Waals surface area contributed by atoms with E-state index in [1.54, 1.807) is 78.9 Å². The maximum absolute atomic E-state index is 15.2. The van der Waals surface area contributed by atoms with Crippen molar-refractivity contribution < 1.29 is 67.5 Å². The molecule has 0 radical (unpaired) electrons. The third-order valence-electron chi connectivity index (χ3n) is 13.3. The van der Waals surface area contributed by atoms with Crippen molar-refractivity contribution in [1.29, 1.82) is 0 Å². The zero-order chi connectivity index (χ0) is 44.9. The molecule has 2 saturated carbocycles. The van der Waals surface area contributed by atoms with Crippen molar-refractivity contribution in [3.8, 4) is 0 Å². The van der Waals surface area contributed by atoms with Crippen LogP contribution in [0.25, 0.3) is 0 Å². The van der Waals surface area contributed by atoms with Gasteiger partial charge in [-0.15, -0.1) is 0 Å². The predicted octanol–water partition coefficient (Wildman–Crippen LogP) is 3.94. The van der Waals surface area contributed by atoms with Gasteiger partial charge < -0.3 is 39.2 Å². The van der Waals surface area contributed by atoms with E-state index in [1.807, 2.05) is 0 Å². The number of nitrogens with one attached hydrogen (secondary N) is 1. The van der Waals surface area contributed by atoms with Gasteiger partial charge in [-0.05, 0) is 49.2 Å². The molecule has 62 heavy (non-hydrogen) atoms. The average molecular weight is 852 g/mol. The van der Waals surface area contributed by atoms with Gasteiger partial charge in [-0.2, -0.15) is 0 Å². The van der Waals surface area contributed by atoms with Crippen LogP contribution in [0.15, 0.2) is 102 Å². The van der Waals surface area contributed by atoms with E-state index in [1.165, 1.54) is 39.8 Å². The first-order valence-electron chi connectivity index (χ1n) is 20.3. The lowest BCUT2D eigenvalue weighted by molar-refractivity contribution is -0.344. The van der Waals surface area contributed by atoms with Crippen LogP contribution in [0.5, 0.6) is 0 Å². The van der Waals surface area contributed by atoms with Gasteiger partial charge in [0, 0.05) is 43.2 Å². The lowest BCUT2D eigenvalue weighted by Gasteiger charge is -2.66. The summed E-state index contributed by atoms with van der Waals surface area (Å²) in [5, 5.41) is 28.0. The van der Waals surface area contributed by atoms with Crippen LogP contribution in [0.4, 0.5) is 0 Å². The van der Waals surface area contributed by atoms with Crippen molar-refractivity contribution >= 4 is 41.4 Å². The maximum Gasteiger partial charge on any atom is 0.338 e. The molecule has 3 N–H and O–H groups in total. The second-order valence-corrected chi connectivity index (χ2v) is 17.2. The standard InChI is InChI=1S/C47H49NO14/c1-25-31(60-43(56)37(52)35(28-16-10-7-11-17-28)48-41(54)29-18-12-8-13-19-29)23-47(57)40(61-42(55)30-20-14-9-15-21-30)38-45(6,39(53)36(51)34(25)44(47,4)5)32(59-26(2)49)22-33-46(38,24-58-33)62-27(3)50/h7-21,31-33,35,37-38,40,52,57H,22-24H2,1-6H3,(H,48,54)/t31-,32-,33+,35-,37+,38-,40-,45+,46-,47+/m0/s1. The number of aliphatic hydroxyl groups excluding tert-OH is 1. The summed E-state index contributed by atoms with van der Waals surface area (Å²) in [6.07, 6.45) is -8.69. The Morgan fingerprint density at radius 3 is 1.94 bits per heavy atom. The second-order valence-electron chi connectivity index (χ2n) is 17.2. The highest BCUT2D eigenvalue weighted by Gasteiger charge is 2.79. The van der Waals surface area contributed by atoms with Crippen LogP contribution in [0.3, 0.4) is 0 Å². The third-order valence-corrected chi connectivity index (χ3v) is 13.3. The molecule has 1 aliphatic heterocycles. The van der Waals surface area contributed by atoms with Crippen molar-refractivity contribution in [2.45, 2.75) is 102 Å². The number of ether oxygens (including phenoxy) is 5. The van der Waals surface area contributed by atoms with Gasteiger partial charge in [0.1, 0.15) is 30.0 Å². The van der Waals surface area contributed by atoms with E-state index in [0.29, 0.717) is 5.56 Å². The molecule has 3 aliphatic carbocycles. The number of hydrogen-bond acceptors (Lipinski definition) is 14. The molecule has 3 aromatic carbocycles. The van der Waals surface area contributed by atoms with Gasteiger partial charge in [-0.3, -0.25) is 24.0 Å². The molecule has 0 aromatic heterocycles. The van der Waals surface area contributed by atoms with E-state index in [2.05, 4.69) is 5.32 Å². The first-order chi connectivity index (χ1) is 29.3. The Hall–Kier alpha value is -6.03. The third kappa shape index (κ3) is 7.21. The number of amides is 1. The fraction of sp³-hybridized carbons (Fsp3) is 0.426. The molecule has 2 bridgehead atoms. The highest BCUT2D eigenvalue weighted by molar-refractivity contribution is 6.46. The normalized spacial score (nSPS) is 30.7. The SMILES string of the molecule is CC(=O)O[C@H]1C[C@H]2OC[C@@]2(OC(C)=O)[C@H]2[C@H](OC(=O)c3ccccc3)[C@]3(O)C[C@H](OC(=O)[C@H](O)[C@@H](NC(=O)c4ccccc4)c4ccccc4)C(C)=C(C(=O)C(=O)[C@]12C)C3(C)C. The number of hydrogen-bond donors (Lipinski definition) is 3. The number of ketones is 2. The Balaban J connectivity index is 1.37. The van der Waals surface area contributed by atoms with Crippen LogP contribution in [0.2, 0.25) is 0 Å². The summed E-state index contributed by atoms with van der Waals surface area (Å²) in [4.78, 5) is 97.8. The summed E-state index contributed by atoms with van der Waals surface area (Å²) in [5.74, 6) is -8.25. The highest BCUT2D eigenvalue weighted by Crippen LogP contribution is 2.64. The summed E-state index contributed by atoms with van der Waals surface area (Å²) in [6, 6.07) is 22.8. The fourth-order valence-electron chi connectivity index (χ4n) is 10.1. The molecule has 0 unspecified atom stereocenters. The minimum atomic E-state index is -2.45. The Kier molecular flexibility index (Phi) is 11.6. The second kappa shape index (κ2) is 16.3. The minimum Gasteiger partial charge on any atom is -0.461 e. The molecule has 10 atom stereocenters. The van der Waals surface area contributed by atoms with E-state index in [4.69, 9.17) is 23.7 Å². The van der Waals surface area contributed by atoms with Crippen molar-refractivity contribution in [2.75, 3.05) is 6.61 Å². The number of aliphatic hydroxyl groups is 2. The van der Waals surface area contributed by atoms with Gasteiger partial charge in [0.05, 0.1) is 29.5 Å². The van der Waals surface area contributed by atoms with Gasteiger partial charge in [-0.1, -0.05) is 80.6 Å². The van der Waals surface area contributed by atoms with Crippen molar-refractivity contribution in [2.24, 2.45) is 16.7 Å². The molecule has 0 spiro atoms. The topological polar surface area (TPSA) is 218 Å². The van der Waals surface area contributed by atoms with Crippen molar-refractivity contribution in [3.63, 3.8) is 0 Å². The predicted molar refractivity (Wildman–Crippen MR) is 217 cm³/mol. The van der Waals surface area contributed by atoms with E-state index in [-0.39, 0.29) is 35.3 Å². The molecule has 15 nitrogen and oxygen atoms in total. The van der Waals surface area contributed by atoms with Crippen LogP contribution < -0.4 is 5.32 Å². The Labute approximate surface area is 357 Å².